The van der Waals surface area contributed by atoms with Gasteiger partial charge in [-0.05, 0) is 52.7 Å². The highest BCUT2D eigenvalue weighted by atomic mass is 32.2. The number of ether oxygens (including phenoxy) is 1. The van der Waals surface area contributed by atoms with Crippen LogP contribution in [-0.2, 0) is 15.5 Å². The van der Waals surface area contributed by atoms with Crippen molar-refractivity contribution in [3.63, 3.8) is 0 Å². The largest absolute Gasteiger partial charge is 0.444 e. The molecule has 1 aliphatic rings. The molecule has 0 aliphatic carbocycles. The molecule has 1 aromatic rings. The number of amides is 1. The van der Waals surface area contributed by atoms with Crippen molar-refractivity contribution in [1.82, 2.24) is 4.90 Å². The van der Waals surface area contributed by atoms with E-state index in [1.165, 1.54) is 0 Å². The number of hydrogen-bond donors (Lipinski definition) is 0. The van der Waals surface area contributed by atoms with E-state index in [0.29, 0.717) is 11.4 Å². The standard InChI is InChI=1S/C18H25NO3S/c1-13-8-10-15(11-9-13)23(21)14(2)16-7-6-12-19(16)17(20)22-18(3,4)5/h8-11,16H,2,6-7,12H2,1,3-5H3/t16-,23-/m1/s1. The van der Waals surface area contributed by atoms with Crippen LogP contribution in [0.2, 0.25) is 0 Å². The summed E-state index contributed by atoms with van der Waals surface area (Å²) in [5.74, 6) is 0. The van der Waals surface area contributed by atoms with Crippen molar-refractivity contribution >= 4 is 16.9 Å². The van der Waals surface area contributed by atoms with Crippen molar-refractivity contribution in [1.29, 1.82) is 0 Å². The summed E-state index contributed by atoms with van der Waals surface area (Å²) in [5, 5.41) is 0. The van der Waals surface area contributed by atoms with E-state index in [1.54, 1.807) is 4.90 Å². The van der Waals surface area contributed by atoms with E-state index >= 15 is 0 Å². The summed E-state index contributed by atoms with van der Waals surface area (Å²) >= 11 is 0. The van der Waals surface area contributed by atoms with Gasteiger partial charge >= 0.3 is 6.09 Å². The third-order valence-corrected chi connectivity index (χ3v) is 5.17. The molecule has 126 valence electrons. The third-order valence-electron chi connectivity index (χ3n) is 3.73. The van der Waals surface area contributed by atoms with Crippen LogP contribution in [0.15, 0.2) is 40.6 Å². The Hall–Kier alpha value is -1.62. The predicted octanol–water partition coefficient (Wildman–Crippen LogP) is 4.02. The van der Waals surface area contributed by atoms with Gasteiger partial charge in [0.15, 0.2) is 0 Å². The Morgan fingerprint density at radius 3 is 2.48 bits per heavy atom. The number of carbonyl (C=O) groups excluding carboxylic acids is 1. The first-order valence-corrected chi connectivity index (χ1v) is 9.01. The lowest BCUT2D eigenvalue weighted by molar-refractivity contribution is 0.0254. The van der Waals surface area contributed by atoms with Gasteiger partial charge in [0.25, 0.3) is 0 Å². The molecule has 1 fully saturated rings. The van der Waals surface area contributed by atoms with Gasteiger partial charge in [-0.15, -0.1) is 0 Å². The van der Waals surface area contributed by atoms with Gasteiger partial charge in [0.05, 0.1) is 16.8 Å². The van der Waals surface area contributed by atoms with Gasteiger partial charge in [0.1, 0.15) is 5.60 Å². The number of rotatable bonds is 3. The Bertz CT molecular complexity index is 616. The highest BCUT2D eigenvalue weighted by Crippen LogP contribution is 2.29. The van der Waals surface area contributed by atoms with Gasteiger partial charge in [-0.2, -0.15) is 0 Å². The molecule has 0 saturated carbocycles. The fraction of sp³-hybridized carbons (Fsp3) is 0.500. The van der Waals surface area contributed by atoms with Crippen molar-refractivity contribution < 1.29 is 13.7 Å². The van der Waals surface area contributed by atoms with Gasteiger partial charge in [-0.1, -0.05) is 24.3 Å². The zero-order chi connectivity index (χ0) is 17.2. The molecule has 2 atom stereocenters. The molecule has 5 heteroatoms. The van der Waals surface area contributed by atoms with Gasteiger partial charge in [-0.25, -0.2) is 9.00 Å². The molecule has 0 bridgehead atoms. The van der Waals surface area contributed by atoms with Crippen LogP contribution in [0.1, 0.15) is 39.2 Å². The molecule has 4 nitrogen and oxygen atoms in total. The smallest absolute Gasteiger partial charge is 0.410 e. The maximum atomic E-state index is 12.7. The van der Waals surface area contributed by atoms with Crippen LogP contribution in [0.5, 0.6) is 0 Å². The lowest BCUT2D eigenvalue weighted by atomic mass is 10.2. The van der Waals surface area contributed by atoms with Crippen LogP contribution in [-0.4, -0.2) is 33.4 Å². The second kappa shape index (κ2) is 6.87. The fourth-order valence-electron chi connectivity index (χ4n) is 2.58. The summed E-state index contributed by atoms with van der Waals surface area (Å²) in [7, 11) is -1.33. The summed E-state index contributed by atoms with van der Waals surface area (Å²) < 4.78 is 18.2. The SMILES string of the molecule is C=C([C@H]1CCCN1C(=O)OC(C)(C)C)[S@@](=O)c1ccc(C)cc1. The highest BCUT2D eigenvalue weighted by Gasteiger charge is 2.35. The van der Waals surface area contributed by atoms with Crippen LogP contribution in [0.3, 0.4) is 0 Å². The molecule has 0 spiro atoms. The van der Waals surface area contributed by atoms with E-state index in [0.717, 1.165) is 23.3 Å². The van der Waals surface area contributed by atoms with Gasteiger partial charge in [0.2, 0.25) is 0 Å². The zero-order valence-electron chi connectivity index (χ0n) is 14.3. The number of hydrogen-bond acceptors (Lipinski definition) is 3. The van der Waals surface area contributed by atoms with Crippen molar-refractivity contribution in [2.24, 2.45) is 0 Å². The summed E-state index contributed by atoms with van der Waals surface area (Å²) in [6.07, 6.45) is 1.28. The normalized spacial score (nSPS) is 19.5. The Labute approximate surface area is 141 Å². The monoisotopic (exact) mass is 335 g/mol. The Kier molecular flexibility index (Phi) is 5.30. The molecular formula is C18H25NO3S. The molecule has 0 N–H and O–H groups in total. The molecule has 1 amide bonds. The Morgan fingerprint density at radius 2 is 1.91 bits per heavy atom. The first-order valence-electron chi connectivity index (χ1n) is 7.86. The summed E-state index contributed by atoms with van der Waals surface area (Å²) in [6.45, 7) is 12.1. The van der Waals surface area contributed by atoms with Crippen molar-refractivity contribution in [2.75, 3.05) is 6.54 Å². The first kappa shape index (κ1) is 17.7. The minimum atomic E-state index is -1.33. The second-order valence-electron chi connectivity index (χ2n) is 6.88. The molecule has 1 aromatic carbocycles. The average Bonchev–Trinajstić information content (AvgIpc) is 2.94. The van der Waals surface area contributed by atoms with Gasteiger partial charge in [0, 0.05) is 16.3 Å². The van der Waals surface area contributed by atoms with Crippen molar-refractivity contribution in [3.8, 4) is 0 Å². The molecule has 1 aliphatic heterocycles. The molecular weight excluding hydrogens is 310 g/mol. The number of nitrogens with zero attached hydrogens (tertiary/aromatic N) is 1. The van der Waals surface area contributed by atoms with Crippen LogP contribution in [0.4, 0.5) is 4.79 Å². The number of likely N-dealkylation sites (tertiary alicyclic amines) is 1. The minimum Gasteiger partial charge on any atom is -0.444 e. The summed E-state index contributed by atoms with van der Waals surface area (Å²) in [6, 6.07) is 7.33. The average molecular weight is 335 g/mol. The topological polar surface area (TPSA) is 46.6 Å². The second-order valence-corrected chi connectivity index (χ2v) is 8.41. The molecule has 23 heavy (non-hydrogen) atoms. The van der Waals surface area contributed by atoms with Gasteiger partial charge in [-0.3, -0.25) is 0 Å². The molecule has 0 radical (unpaired) electrons. The van der Waals surface area contributed by atoms with E-state index in [4.69, 9.17) is 4.74 Å². The van der Waals surface area contributed by atoms with Crippen LogP contribution < -0.4 is 0 Å². The quantitative estimate of drug-likeness (QED) is 0.838. The molecule has 2 rings (SSSR count). The maximum absolute atomic E-state index is 12.7. The number of aryl methyl sites for hydroxylation is 1. The molecule has 0 unspecified atom stereocenters. The van der Waals surface area contributed by atoms with Crippen LogP contribution >= 0.6 is 0 Å². The molecule has 1 saturated heterocycles. The van der Waals surface area contributed by atoms with Crippen molar-refractivity contribution in [2.45, 2.75) is 57.1 Å². The van der Waals surface area contributed by atoms with Crippen molar-refractivity contribution in [3.05, 3.63) is 41.3 Å². The summed E-state index contributed by atoms with van der Waals surface area (Å²) in [4.78, 5) is 15.3. The molecule has 0 aromatic heterocycles. The third kappa shape index (κ3) is 4.44. The minimum absolute atomic E-state index is 0.230. The zero-order valence-corrected chi connectivity index (χ0v) is 15.1. The predicted molar refractivity (Wildman–Crippen MR) is 92.7 cm³/mol. The number of benzene rings is 1. The number of carbonyl (C=O) groups is 1. The van der Waals surface area contributed by atoms with E-state index in [-0.39, 0.29) is 12.1 Å². The fourth-order valence-corrected chi connectivity index (χ4v) is 3.76. The van der Waals surface area contributed by atoms with Crippen LogP contribution in [0.25, 0.3) is 0 Å². The van der Waals surface area contributed by atoms with E-state index in [1.807, 2.05) is 52.0 Å². The maximum Gasteiger partial charge on any atom is 0.410 e. The summed E-state index contributed by atoms with van der Waals surface area (Å²) in [5.41, 5.74) is 0.578. The van der Waals surface area contributed by atoms with E-state index in [2.05, 4.69) is 6.58 Å². The van der Waals surface area contributed by atoms with E-state index < -0.39 is 16.4 Å². The Morgan fingerprint density at radius 1 is 1.30 bits per heavy atom. The van der Waals surface area contributed by atoms with Crippen LogP contribution in [0, 0.1) is 6.92 Å². The molecule has 1 heterocycles. The van der Waals surface area contributed by atoms with E-state index in [9.17, 15) is 9.00 Å². The van der Waals surface area contributed by atoms with Gasteiger partial charge < -0.3 is 9.64 Å². The first-order chi connectivity index (χ1) is 10.7. The lowest BCUT2D eigenvalue weighted by Gasteiger charge is -2.29. The lowest BCUT2D eigenvalue weighted by Crippen LogP contribution is -2.41. The Balaban J connectivity index is 2.12. The highest BCUT2D eigenvalue weighted by molar-refractivity contribution is 7.89.